The summed E-state index contributed by atoms with van der Waals surface area (Å²) in [4.78, 5) is 8.41. The Balaban J connectivity index is 1.83. The van der Waals surface area contributed by atoms with Crippen molar-refractivity contribution in [3.05, 3.63) is 34.5 Å². The third-order valence-corrected chi connectivity index (χ3v) is 3.07. The van der Waals surface area contributed by atoms with Crippen LogP contribution >= 0.6 is 11.6 Å². The summed E-state index contributed by atoms with van der Waals surface area (Å²) in [5, 5.41) is 10.6. The fourth-order valence-corrected chi connectivity index (χ4v) is 2.07. The summed E-state index contributed by atoms with van der Waals surface area (Å²) < 4.78 is 5.00. The van der Waals surface area contributed by atoms with Crippen molar-refractivity contribution in [1.29, 1.82) is 0 Å². The van der Waals surface area contributed by atoms with Crippen LogP contribution in [0.2, 0.25) is 5.15 Å². The van der Waals surface area contributed by atoms with Crippen molar-refractivity contribution >= 4 is 17.4 Å². The minimum absolute atomic E-state index is 0.351. The van der Waals surface area contributed by atoms with Gasteiger partial charge in [0, 0.05) is 25.4 Å². The molecule has 2 aromatic heterocycles. The van der Waals surface area contributed by atoms with E-state index in [1.807, 2.05) is 13.1 Å². The topological polar surface area (TPSA) is 75.7 Å². The van der Waals surface area contributed by atoms with Gasteiger partial charge in [-0.1, -0.05) is 11.6 Å². The number of halogens is 1. The molecule has 0 bridgehead atoms. The predicted molar refractivity (Wildman–Crippen MR) is 77.9 cm³/mol. The molecule has 20 heavy (non-hydrogen) atoms. The molecule has 0 saturated carbocycles. The summed E-state index contributed by atoms with van der Waals surface area (Å²) in [7, 11) is 1.60. The molecule has 2 rings (SSSR count). The second kappa shape index (κ2) is 7.21. The first-order valence-electron chi connectivity index (χ1n) is 6.44. The number of ether oxygens (including phenoxy) is 1. The lowest BCUT2D eigenvalue weighted by molar-refractivity contribution is 0.178. The SMILES string of the molecule is COCc1nc(Cl)cc(NCCCc2cn[nH]c2C)n1. The number of H-pyrrole nitrogens is 1. The molecule has 0 saturated heterocycles. The molecule has 6 nitrogen and oxygen atoms in total. The Morgan fingerprint density at radius 3 is 2.95 bits per heavy atom. The van der Waals surface area contributed by atoms with Crippen molar-refractivity contribution in [3.8, 4) is 0 Å². The maximum Gasteiger partial charge on any atom is 0.158 e. The summed E-state index contributed by atoms with van der Waals surface area (Å²) in [5.74, 6) is 1.30. The molecular formula is C13H18ClN5O. The summed E-state index contributed by atoms with van der Waals surface area (Å²) in [6, 6.07) is 1.71. The van der Waals surface area contributed by atoms with Crippen LogP contribution in [-0.2, 0) is 17.8 Å². The second-order valence-corrected chi connectivity index (χ2v) is 4.86. The molecule has 2 aromatic rings. The van der Waals surface area contributed by atoms with Gasteiger partial charge in [-0.25, -0.2) is 9.97 Å². The molecule has 0 aliphatic rings. The highest BCUT2D eigenvalue weighted by molar-refractivity contribution is 6.29. The van der Waals surface area contributed by atoms with E-state index in [4.69, 9.17) is 16.3 Å². The standard InChI is InChI=1S/C13H18ClN5O/c1-9-10(7-16-19-9)4-3-5-15-12-6-11(14)17-13(18-12)8-20-2/h6-7H,3-5,8H2,1-2H3,(H,16,19)(H,15,17,18). The molecule has 0 aliphatic heterocycles. The number of aromatic amines is 1. The largest absolute Gasteiger partial charge is 0.377 e. The van der Waals surface area contributed by atoms with Gasteiger partial charge in [0.2, 0.25) is 0 Å². The van der Waals surface area contributed by atoms with E-state index in [0.29, 0.717) is 17.6 Å². The number of rotatable bonds is 7. The molecule has 0 unspecified atom stereocenters. The number of anilines is 1. The van der Waals surface area contributed by atoms with Crippen LogP contribution < -0.4 is 5.32 Å². The van der Waals surface area contributed by atoms with Gasteiger partial charge in [-0.05, 0) is 25.3 Å². The zero-order valence-corrected chi connectivity index (χ0v) is 12.4. The van der Waals surface area contributed by atoms with Crippen molar-refractivity contribution in [2.45, 2.75) is 26.4 Å². The number of aromatic nitrogens is 4. The monoisotopic (exact) mass is 295 g/mol. The van der Waals surface area contributed by atoms with E-state index in [0.717, 1.165) is 30.9 Å². The van der Waals surface area contributed by atoms with Crippen LogP contribution in [0.15, 0.2) is 12.3 Å². The molecule has 0 aromatic carbocycles. The summed E-state index contributed by atoms with van der Waals surface area (Å²) in [6.07, 6.45) is 3.83. The number of hydrogen-bond acceptors (Lipinski definition) is 5. The number of nitrogens with one attached hydrogen (secondary N) is 2. The molecular weight excluding hydrogens is 278 g/mol. The van der Waals surface area contributed by atoms with Crippen LogP contribution in [0.5, 0.6) is 0 Å². The lowest BCUT2D eigenvalue weighted by Gasteiger charge is -2.07. The minimum Gasteiger partial charge on any atom is -0.377 e. The third-order valence-electron chi connectivity index (χ3n) is 2.88. The van der Waals surface area contributed by atoms with Crippen LogP contribution in [0.25, 0.3) is 0 Å². The van der Waals surface area contributed by atoms with Crippen molar-refractivity contribution in [1.82, 2.24) is 20.2 Å². The average Bonchev–Trinajstić information content (AvgIpc) is 2.80. The van der Waals surface area contributed by atoms with Crippen LogP contribution in [0.1, 0.15) is 23.5 Å². The molecule has 2 heterocycles. The molecule has 2 N–H and O–H groups in total. The highest BCUT2D eigenvalue weighted by Gasteiger charge is 2.04. The first kappa shape index (κ1) is 14.7. The quantitative estimate of drug-likeness (QED) is 0.606. The third kappa shape index (κ3) is 4.18. The number of nitrogens with zero attached hydrogens (tertiary/aromatic N) is 3. The van der Waals surface area contributed by atoms with Crippen LogP contribution in [0.4, 0.5) is 5.82 Å². The van der Waals surface area contributed by atoms with Crippen LogP contribution in [-0.4, -0.2) is 33.8 Å². The second-order valence-electron chi connectivity index (χ2n) is 4.48. The number of methoxy groups -OCH3 is 1. The van der Waals surface area contributed by atoms with Crippen LogP contribution in [0, 0.1) is 6.92 Å². The molecule has 108 valence electrons. The van der Waals surface area contributed by atoms with E-state index in [9.17, 15) is 0 Å². The summed E-state index contributed by atoms with van der Waals surface area (Å²) >= 11 is 5.94. The lowest BCUT2D eigenvalue weighted by Crippen LogP contribution is -2.07. The Morgan fingerprint density at radius 2 is 2.25 bits per heavy atom. The molecule has 0 radical (unpaired) electrons. The van der Waals surface area contributed by atoms with E-state index < -0.39 is 0 Å². The van der Waals surface area contributed by atoms with Gasteiger partial charge in [-0.3, -0.25) is 5.10 Å². The van der Waals surface area contributed by atoms with E-state index in [-0.39, 0.29) is 0 Å². The van der Waals surface area contributed by atoms with Gasteiger partial charge < -0.3 is 10.1 Å². The van der Waals surface area contributed by atoms with Gasteiger partial charge in [0.05, 0.1) is 6.20 Å². The Bertz CT molecular complexity index is 557. The molecule has 0 fully saturated rings. The van der Waals surface area contributed by atoms with Gasteiger partial charge >= 0.3 is 0 Å². The van der Waals surface area contributed by atoms with Gasteiger partial charge in [-0.2, -0.15) is 5.10 Å². The maximum absolute atomic E-state index is 5.94. The Morgan fingerprint density at radius 1 is 1.40 bits per heavy atom. The summed E-state index contributed by atoms with van der Waals surface area (Å²) in [6.45, 7) is 3.19. The van der Waals surface area contributed by atoms with Gasteiger partial charge in [0.1, 0.15) is 17.6 Å². The zero-order chi connectivity index (χ0) is 14.4. The fourth-order valence-electron chi connectivity index (χ4n) is 1.87. The average molecular weight is 296 g/mol. The van der Waals surface area contributed by atoms with E-state index in [1.165, 1.54) is 5.56 Å². The van der Waals surface area contributed by atoms with Gasteiger partial charge in [0.25, 0.3) is 0 Å². The number of aryl methyl sites for hydroxylation is 2. The smallest absolute Gasteiger partial charge is 0.158 e. The molecule has 0 amide bonds. The first-order valence-corrected chi connectivity index (χ1v) is 6.82. The molecule has 0 atom stereocenters. The first-order chi connectivity index (χ1) is 9.69. The van der Waals surface area contributed by atoms with E-state index in [2.05, 4.69) is 25.5 Å². The van der Waals surface area contributed by atoms with Crippen molar-refractivity contribution in [2.75, 3.05) is 19.0 Å². The number of hydrogen-bond donors (Lipinski definition) is 2. The van der Waals surface area contributed by atoms with Crippen molar-refractivity contribution in [2.24, 2.45) is 0 Å². The lowest BCUT2D eigenvalue weighted by atomic mass is 10.1. The van der Waals surface area contributed by atoms with E-state index in [1.54, 1.807) is 13.2 Å². The van der Waals surface area contributed by atoms with Crippen molar-refractivity contribution < 1.29 is 4.74 Å². The van der Waals surface area contributed by atoms with E-state index >= 15 is 0 Å². The Hall–Kier alpha value is -1.66. The minimum atomic E-state index is 0.351. The normalized spacial score (nSPS) is 10.8. The maximum atomic E-state index is 5.94. The Kier molecular flexibility index (Phi) is 5.31. The van der Waals surface area contributed by atoms with Crippen LogP contribution in [0.3, 0.4) is 0 Å². The predicted octanol–water partition coefficient (Wildman–Crippen LogP) is 2.35. The van der Waals surface area contributed by atoms with Gasteiger partial charge in [-0.15, -0.1) is 0 Å². The van der Waals surface area contributed by atoms with Gasteiger partial charge in [0.15, 0.2) is 5.82 Å². The molecule has 7 heteroatoms. The fraction of sp³-hybridized carbons (Fsp3) is 0.462. The zero-order valence-electron chi connectivity index (χ0n) is 11.6. The highest BCUT2D eigenvalue weighted by atomic mass is 35.5. The Labute approximate surface area is 122 Å². The summed E-state index contributed by atoms with van der Waals surface area (Å²) in [5.41, 5.74) is 2.37. The highest BCUT2D eigenvalue weighted by Crippen LogP contribution is 2.12. The molecule has 0 spiro atoms. The molecule has 0 aliphatic carbocycles. The van der Waals surface area contributed by atoms with Crippen molar-refractivity contribution in [3.63, 3.8) is 0 Å².